The van der Waals surface area contributed by atoms with Gasteiger partial charge in [0, 0.05) is 0 Å². The molecule has 2 aliphatic carbocycles. The zero-order chi connectivity index (χ0) is 7.68. The molecule has 0 heterocycles. The highest BCUT2D eigenvalue weighted by Crippen LogP contribution is 2.40. The van der Waals surface area contributed by atoms with Crippen molar-refractivity contribution in [2.45, 2.75) is 19.3 Å². The molecule has 0 aliphatic heterocycles. The predicted molar refractivity (Wildman–Crippen MR) is 48.3 cm³/mol. The predicted octanol–water partition coefficient (Wildman–Crippen LogP) is 3.15. The van der Waals surface area contributed by atoms with Crippen LogP contribution in [0, 0.1) is 0 Å². The van der Waals surface area contributed by atoms with E-state index in [0.29, 0.717) is 0 Å². The van der Waals surface area contributed by atoms with Crippen molar-refractivity contribution < 1.29 is 0 Å². The van der Waals surface area contributed by atoms with Crippen LogP contribution in [0.2, 0.25) is 0 Å². The molecule has 0 atom stereocenters. The van der Waals surface area contributed by atoms with Gasteiger partial charge in [-0.1, -0.05) is 30.9 Å². The Labute approximate surface area is 67.6 Å². The lowest BCUT2D eigenvalue weighted by Crippen LogP contribution is -1.95. The number of allylic oxidation sites excluding steroid dienone is 7. The molecule has 0 aromatic carbocycles. The van der Waals surface area contributed by atoms with Gasteiger partial charge in [-0.15, -0.1) is 0 Å². The van der Waals surface area contributed by atoms with E-state index in [0.717, 1.165) is 0 Å². The van der Waals surface area contributed by atoms with Crippen LogP contribution < -0.4 is 0 Å². The first-order valence-corrected chi connectivity index (χ1v) is 4.15. The number of hydrogen-bond donors (Lipinski definition) is 0. The van der Waals surface area contributed by atoms with Crippen LogP contribution in [0.1, 0.15) is 19.3 Å². The van der Waals surface area contributed by atoms with Crippen LogP contribution in [-0.4, -0.2) is 0 Å². The molecule has 0 saturated carbocycles. The monoisotopic (exact) mass is 144 g/mol. The standard InChI is InChI=1S/C11H12/c1-2-3-5-9-8-10-6-4-7-11(9)10/h2-3,5,8H,1,4,6-7H2/b5-3+. The maximum atomic E-state index is 3.65. The van der Waals surface area contributed by atoms with Gasteiger partial charge in [-0.25, -0.2) is 0 Å². The summed E-state index contributed by atoms with van der Waals surface area (Å²) in [5.41, 5.74) is 4.62. The van der Waals surface area contributed by atoms with Crippen molar-refractivity contribution in [1.82, 2.24) is 0 Å². The first kappa shape index (κ1) is 6.66. The largest absolute Gasteiger partial charge is 0.0991 e. The molecule has 2 rings (SSSR count). The quantitative estimate of drug-likeness (QED) is 0.522. The summed E-state index contributed by atoms with van der Waals surface area (Å²) < 4.78 is 0. The fourth-order valence-electron chi connectivity index (χ4n) is 1.77. The third-order valence-electron chi connectivity index (χ3n) is 2.35. The molecule has 0 N–H and O–H groups in total. The van der Waals surface area contributed by atoms with E-state index in [1.165, 1.54) is 24.8 Å². The molecule has 0 heteroatoms. The van der Waals surface area contributed by atoms with Gasteiger partial charge in [0.05, 0.1) is 0 Å². The topological polar surface area (TPSA) is 0 Å². The molecule has 0 nitrogen and oxygen atoms in total. The second kappa shape index (κ2) is 2.54. The number of rotatable bonds is 2. The summed E-state index contributed by atoms with van der Waals surface area (Å²) in [6, 6.07) is 0. The summed E-state index contributed by atoms with van der Waals surface area (Å²) in [5, 5.41) is 0. The van der Waals surface area contributed by atoms with Crippen LogP contribution in [0.5, 0.6) is 0 Å². The van der Waals surface area contributed by atoms with E-state index in [-0.39, 0.29) is 0 Å². The van der Waals surface area contributed by atoms with E-state index in [1.807, 2.05) is 12.2 Å². The van der Waals surface area contributed by atoms with Crippen LogP contribution in [-0.2, 0) is 0 Å². The fourth-order valence-corrected chi connectivity index (χ4v) is 1.77. The van der Waals surface area contributed by atoms with E-state index in [1.54, 1.807) is 11.1 Å². The Bertz CT molecular complexity index is 274. The van der Waals surface area contributed by atoms with Crippen molar-refractivity contribution in [3.05, 3.63) is 47.6 Å². The second-order valence-electron chi connectivity index (χ2n) is 3.05. The summed E-state index contributed by atoms with van der Waals surface area (Å²) in [5.74, 6) is 0. The van der Waals surface area contributed by atoms with E-state index in [9.17, 15) is 0 Å². The van der Waals surface area contributed by atoms with Crippen LogP contribution in [0.3, 0.4) is 0 Å². The Morgan fingerprint density at radius 3 is 3.00 bits per heavy atom. The second-order valence-corrected chi connectivity index (χ2v) is 3.05. The van der Waals surface area contributed by atoms with E-state index < -0.39 is 0 Å². The van der Waals surface area contributed by atoms with E-state index in [2.05, 4.69) is 18.7 Å². The third-order valence-corrected chi connectivity index (χ3v) is 2.35. The zero-order valence-corrected chi connectivity index (χ0v) is 6.64. The van der Waals surface area contributed by atoms with E-state index in [4.69, 9.17) is 0 Å². The normalized spacial score (nSPS) is 21.6. The van der Waals surface area contributed by atoms with Gasteiger partial charge in [0.1, 0.15) is 0 Å². The molecule has 56 valence electrons. The minimum absolute atomic E-state index is 1.29. The highest BCUT2D eigenvalue weighted by Gasteiger charge is 2.21. The average Bonchev–Trinajstić information content (AvgIpc) is 2.33. The van der Waals surface area contributed by atoms with Crippen molar-refractivity contribution >= 4 is 0 Å². The van der Waals surface area contributed by atoms with Crippen LogP contribution >= 0.6 is 0 Å². The van der Waals surface area contributed by atoms with Gasteiger partial charge in [-0.05, 0) is 36.0 Å². The molecule has 0 unspecified atom stereocenters. The molecular weight excluding hydrogens is 132 g/mol. The summed E-state index contributed by atoms with van der Waals surface area (Å²) in [6.07, 6.45) is 12.2. The maximum Gasteiger partial charge on any atom is -0.0219 e. The molecular formula is C11H12. The van der Waals surface area contributed by atoms with Crippen molar-refractivity contribution in [1.29, 1.82) is 0 Å². The lowest BCUT2D eigenvalue weighted by atomic mass is 9.91. The fraction of sp³-hybridized carbons (Fsp3) is 0.273. The number of hydrogen-bond acceptors (Lipinski definition) is 0. The van der Waals surface area contributed by atoms with Crippen LogP contribution in [0.15, 0.2) is 47.6 Å². The van der Waals surface area contributed by atoms with Crippen LogP contribution in [0.4, 0.5) is 0 Å². The van der Waals surface area contributed by atoms with Gasteiger partial charge in [-0.3, -0.25) is 0 Å². The van der Waals surface area contributed by atoms with Gasteiger partial charge >= 0.3 is 0 Å². The van der Waals surface area contributed by atoms with E-state index >= 15 is 0 Å². The third kappa shape index (κ3) is 0.988. The SMILES string of the molecule is C=C/C=C/C1=CC2=C1CCC2. The average molecular weight is 144 g/mol. The van der Waals surface area contributed by atoms with Gasteiger partial charge in [0.15, 0.2) is 0 Å². The van der Waals surface area contributed by atoms with Crippen molar-refractivity contribution in [3.8, 4) is 0 Å². The summed E-state index contributed by atoms with van der Waals surface area (Å²) in [4.78, 5) is 0. The molecule has 11 heavy (non-hydrogen) atoms. The first-order valence-electron chi connectivity index (χ1n) is 4.15. The minimum Gasteiger partial charge on any atom is -0.0991 e. The minimum atomic E-state index is 1.29. The Kier molecular flexibility index (Phi) is 1.54. The summed E-state index contributed by atoms with van der Waals surface area (Å²) in [7, 11) is 0. The summed E-state index contributed by atoms with van der Waals surface area (Å²) >= 11 is 0. The maximum absolute atomic E-state index is 3.65. The van der Waals surface area contributed by atoms with Gasteiger partial charge < -0.3 is 0 Å². The van der Waals surface area contributed by atoms with Gasteiger partial charge in [0.2, 0.25) is 0 Å². The smallest absolute Gasteiger partial charge is 0.0219 e. The molecule has 0 spiro atoms. The Hall–Kier alpha value is -1.04. The molecule has 0 aromatic rings. The molecule has 0 aromatic heterocycles. The molecule has 0 saturated heterocycles. The Morgan fingerprint density at radius 1 is 1.36 bits per heavy atom. The van der Waals surface area contributed by atoms with Crippen LogP contribution in [0.25, 0.3) is 0 Å². The first-order chi connectivity index (χ1) is 5.42. The Balaban J connectivity index is 2.06. The van der Waals surface area contributed by atoms with Gasteiger partial charge in [-0.2, -0.15) is 0 Å². The molecule has 0 fully saturated rings. The lowest BCUT2D eigenvalue weighted by Gasteiger charge is -2.14. The summed E-state index contributed by atoms with van der Waals surface area (Å²) in [6.45, 7) is 3.65. The Morgan fingerprint density at radius 2 is 2.27 bits per heavy atom. The molecule has 2 aliphatic rings. The molecule has 0 bridgehead atoms. The zero-order valence-electron chi connectivity index (χ0n) is 6.64. The highest BCUT2D eigenvalue weighted by atomic mass is 14.3. The lowest BCUT2D eigenvalue weighted by molar-refractivity contribution is 0.912. The molecule has 0 radical (unpaired) electrons. The van der Waals surface area contributed by atoms with Crippen molar-refractivity contribution in [3.63, 3.8) is 0 Å². The van der Waals surface area contributed by atoms with Gasteiger partial charge in [0.25, 0.3) is 0 Å². The van der Waals surface area contributed by atoms with Crippen molar-refractivity contribution in [2.75, 3.05) is 0 Å². The van der Waals surface area contributed by atoms with Crippen molar-refractivity contribution in [2.24, 2.45) is 0 Å². The molecule has 0 amide bonds. The highest BCUT2D eigenvalue weighted by molar-refractivity contribution is 5.59.